The lowest BCUT2D eigenvalue weighted by atomic mass is 10.2. The van der Waals surface area contributed by atoms with E-state index in [0.29, 0.717) is 16.4 Å². The maximum absolute atomic E-state index is 12.5. The number of benzene rings is 2. The van der Waals surface area contributed by atoms with Gasteiger partial charge in [-0.1, -0.05) is 17.7 Å². The number of rotatable bonds is 7. The average Bonchev–Trinajstić information content (AvgIpc) is 2.64. The van der Waals surface area contributed by atoms with E-state index in [4.69, 9.17) is 11.6 Å². The van der Waals surface area contributed by atoms with Gasteiger partial charge >= 0.3 is 0 Å². The summed E-state index contributed by atoms with van der Waals surface area (Å²) >= 11 is 6.00. The molecule has 0 saturated heterocycles. The van der Waals surface area contributed by atoms with Gasteiger partial charge in [0.2, 0.25) is 11.8 Å². The summed E-state index contributed by atoms with van der Waals surface area (Å²) < 4.78 is 0. The van der Waals surface area contributed by atoms with Gasteiger partial charge in [-0.25, -0.2) is 0 Å². The van der Waals surface area contributed by atoms with E-state index < -0.39 is 0 Å². The fourth-order valence-corrected chi connectivity index (χ4v) is 3.05. The Bertz CT molecular complexity index is 802. The van der Waals surface area contributed by atoms with E-state index in [0.717, 1.165) is 24.3 Å². The lowest BCUT2D eigenvalue weighted by molar-refractivity contribution is -0.120. The van der Waals surface area contributed by atoms with Crippen molar-refractivity contribution < 1.29 is 9.59 Å². The Morgan fingerprint density at radius 2 is 1.59 bits per heavy atom. The Labute approximate surface area is 165 Å². The average molecular weight is 388 g/mol. The number of amides is 2. The molecule has 0 atom stereocenters. The third-order valence-corrected chi connectivity index (χ3v) is 4.68. The number of nitrogens with zero attached hydrogens (tertiary/aromatic N) is 2. The third-order valence-electron chi connectivity index (χ3n) is 4.45. The van der Waals surface area contributed by atoms with Gasteiger partial charge in [-0.2, -0.15) is 0 Å². The second kappa shape index (κ2) is 9.42. The zero-order valence-electron chi connectivity index (χ0n) is 16.3. The molecule has 0 aliphatic heterocycles. The van der Waals surface area contributed by atoms with Crippen LogP contribution in [0.2, 0.25) is 5.02 Å². The minimum Gasteiger partial charge on any atom is -0.372 e. The molecule has 0 aliphatic carbocycles. The van der Waals surface area contributed by atoms with Crippen molar-refractivity contribution in [2.45, 2.75) is 27.7 Å². The van der Waals surface area contributed by atoms with E-state index in [1.165, 1.54) is 11.8 Å². The molecule has 144 valence electrons. The Kier molecular flexibility index (Phi) is 7.25. The maximum Gasteiger partial charge on any atom is 0.244 e. The maximum atomic E-state index is 12.5. The van der Waals surface area contributed by atoms with Crippen molar-refractivity contribution in [3.05, 3.63) is 53.1 Å². The van der Waals surface area contributed by atoms with Crippen LogP contribution in [0.15, 0.2) is 42.5 Å². The molecule has 2 aromatic rings. The van der Waals surface area contributed by atoms with Crippen LogP contribution in [0.4, 0.5) is 17.1 Å². The molecule has 1 N–H and O–H groups in total. The zero-order valence-corrected chi connectivity index (χ0v) is 17.0. The minimum absolute atomic E-state index is 0.0636. The lowest BCUT2D eigenvalue weighted by Crippen LogP contribution is -2.36. The van der Waals surface area contributed by atoms with Crippen molar-refractivity contribution in [2.75, 3.05) is 34.8 Å². The fourth-order valence-electron chi connectivity index (χ4n) is 2.88. The summed E-state index contributed by atoms with van der Waals surface area (Å²) in [5, 5.41) is 3.38. The zero-order chi connectivity index (χ0) is 20.0. The van der Waals surface area contributed by atoms with Gasteiger partial charge in [-0.05, 0) is 62.7 Å². The molecule has 5 nitrogen and oxygen atoms in total. The SMILES string of the molecule is CCN(CC)c1ccc(N(CC(=O)Nc2cc(Cl)ccc2C)C(C)=O)cc1. The van der Waals surface area contributed by atoms with E-state index in [9.17, 15) is 9.59 Å². The standard InChI is InChI=1S/C21H26ClN3O2/c1-5-24(6-2)18-9-11-19(12-10-18)25(16(4)26)14-21(27)23-20-13-17(22)8-7-15(20)3/h7-13H,5-6,14H2,1-4H3,(H,23,27). The molecular formula is C21H26ClN3O2. The Hall–Kier alpha value is -2.53. The Morgan fingerprint density at radius 3 is 2.15 bits per heavy atom. The highest BCUT2D eigenvalue weighted by Gasteiger charge is 2.17. The predicted molar refractivity (Wildman–Crippen MR) is 113 cm³/mol. The van der Waals surface area contributed by atoms with Crippen LogP contribution in [0.25, 0.3) is 0 Å². The third kappa shape index (κ3) is 5.47. The minimum atomic E-state index is -0.275. The van der Waals surface area contributed by atoms with Gasteiger partial charge in [0.1, 0.15) is 6.54 Å². The van der Waals surface area contributed by atoms with E-state index in [-0.39, 0.29) is 18.4 Å². The summed E-state index contributed by atoms with van der Waals surface area (Å²) in [4.78, 5) is 28.3. The molecule has 0 fully saturated rings. The van der Waals surface area contributed by atoms with E-state index in [1.807, 2.05) is 37.3 Å². The van der Waals surface area contributed by atoms with Crippen molar-refractivity contribution in [1.29, 1.82) is 0 Å². The van der Waals surface area contributed by atoms with Crippen LogP contribution in [0.5, 0.6) is 0 Å². The fraction of sp³-hybridized carbons (Fsp3) is 0.333. The number of hydrogen-bond donors (Lipinski definition) is 1. The highest BCUT2D eigenvalue weighted by Crippen LogP contribution is 2.22. The van der Waals surface area contributed by atoms with Crippen LogP contribution >= 0.6 is 11.6 Å². The normalized spacial score (nSPS) is 10.4. The van der Waals surface area contributed by atoms with E-state index in [1.54, 1.807) is 12.1 Å². The van der Waals surface area contributed by atoms with Crippen LogP contribution in [0.1, 0.15) is 26.3 Å². The first-order chi connectivity index (χ1) is 12.8. The van der Waals surface area contributed by atoms with Crippen molar-refractivity contribution in [3.8, 4) is 0 Å². The van der Waals surface area contributed by atoms with Gasteiger partial charge < -0.3 is 15.1 Å². The molecule has 0 bridgehead atoms. The molecule has 0 spiro atoms. The van der Waals surface area contributed by atoms with Gasteiger partial charge in [-0.3, -0.25) is 9.59 Å². The highest BCUT2D eigenvalue weighted by molar-refractivity contribution is 6.31. The number of carbonyl (C=O) groups excluding carboxylic acids is 2. The first-order valence-electron chi connectivity index (χ1n) is 9.04. The molecule has 0 radical (unpaired) electrons. The van der Waals surface area contributed by atoms with Gasteiger partial charge in [0.05, 0.1) is 0 Å². The summed E-state index contributed by atoms with van der Waals surface area (Å²) in [6.45, 7) is 9.30. The summed E-state index contributed by atoms with van der Waals surface area (Å²) in [7, 11) is 0. The van der Waals surface area contributed by atoms with E-state index in [2.05, 4.69) is 24.1 Å². The number of nitrogens with one attached hydrogen (secondary N) is 1. The van der Waals surface area contributed by atoms with Gasteiger partial charge in [0.25, 0.3) is 0 Å². The summed E-state index contributed by atoms with van der Waals surface area (Å²) in [5.74, 6) is -0.466. The summed E-state index contributed by atoms with van der Waals surface area (Å²) in [6, 6.07) is 13.0. The van der Waals surface area contributed by atoms with Crippen molar-refractivity contribution >= 4 is 40.5 Å². The topological polar surface area (TPSA) is 52.6 Å². The largest absolute Gasteiger partial charge is 0.372 e. The molecule has 2 rings (SSSR count). The molecule has 0 saturated carbocycles. The molecule has 2 amide bonds. The second-order valence-electron chi connectivity index (χ2n) is 6.30. The van der Waals surface area contributed by atoms with Crippen LogP contribution < -0.4 is 15.1 Å². The number of carbonyl (C=O) groups is 2. The molecular weight excluding hydrogens is 362 g/mol. The molecule has 0 aromatic heterocycles. The Morgan fingerprint density at radius 1 is 1.00 bits per heavy atom. The van der Waals surface area contributed by atoms with Crippen LogP contribution in [-0.2, 0) is 9.59 Å². The van der Waals surface area contributed by atoms with E-state index >= 15 is 0 Å². The molecule has 27 heavy (non-hydrogen) atoms. The van der Waals surface area contributed by atoms with Crippen molar-refractivity contribution in [2.24, 2.45) is 0 Å². The van der Waals surface area contributed by atoms with Crippen molar-refractivity contribution in [1.82, 2.24) is 0 Å². The van der Waals surface area contributed by atoms with Crippen molar-refractivity contribution in [3.63, 3.8) is 0 Å². The molecule has 6 heteroatoms. The number of hydrogen-bond acceptors (Lipinski definition) is 3. The van der Waals surface area contributed by atoms with Gasteiger partial charge in [0, 0.05) is 42.1 Å². The summed E-state index contributed by atoms with van der Waals surface area (Å²) in [6.07, 6.45) is 0. The van der Waals surface area contributed by atoms with Gasteiger partial charge in [-0.15, -0.1) is 0 Å². The molecule has 2 aromatic carbocycles. The second-order valence-corrected chi connectivity index (χ2v) is 6.74. The molecule has 0 aliphatic rings. The molecule has 0 heterocycles. The smallest absolute Gasteiger partial charge is 0.244 e. The molecule has 0 unspecified atom stereocenters. The monoisotopic (exact) mass is 387 g/mol. The number of aryl methyl sites for hydroxylation is 1. The lowest BCUT2D eigenvalue weighted by Gasteiger charge is -2.24. The highest BCUT2D eigenvalue weighted by atomic mass is 35.5. The number of anilines is 3. The van der Waals surface area contributed by atoms with Crippen LogP contribution in [0.3, 0.4) is 0 Å². The van der Waals surface area contributed by atoms with Crippen LogP contribution in [0, 0.1) is 6.92 Å². The Balaban J connectivity index is 2.14. The first kappa shape index (κ1) is 20.8. The van der Waals surface area contributed by atoms with Crippen LogP contribution in [-0.4, -0.2) is 31.4 Å². The van der Waals surface area contributed by atoms with Gasteiger partial charge in [0.15, 0.2) is 0 Å². The summed E-state index contributed by atoms with van der Waals surface area (Å²) in [5.41, 5.74) is 3.33. The number of halogens is 1. The predicted octanol–water partition coefficient (Wildman–Crippen LogP) is 4.49. The quantitative estimate of drug-likeness (QED) is 0.761. The first-order valence-corrected chi connectivity index (χ1v) is 9.42.